The molecular weight excluding hydrogens is 254 g/mol. The number of hydrogen-bond acceptors (Lipinski definition) is 3. The minimum Gasteiger partial charge on any atom is -0.341 e. The van der Waals surface area contributed by atoms with E-state index in [1.165, 1.54) is 23.4 Å². The Morgan fingerprint density at radius 1 is 1.50 bits per heavy atom. The van der Waals surface area contributed by atoms with E-state index in [1.54, 1.807) is 0 Å². The molecule has 0 radical (unpaired) electrons. The van der Waals surface area contributed by atoms with E-state index in [4.69, 9.17) is 0 Å². The van der Waals surface area contributed by atoms with Crippen molar-refractivity contribution in [2.45, 2.75) is 46.1 Å². The van der Waals surface area contributed by atoms with Gasteiger partial charge < -0.3 is 4.90 Å². The summed E-state index contributed by atoms with van der Waals surface area (Å²) in [4.78, 5) is 30.3. The third kappa shape index (κ3) is 3.68. The van der Waals surface area contributed by atoms with Crippen LogP contribution in [0.15, 0.2) is 17.2 Å². The molecule has 1 aromatic heterocycles. The summed E-state index contributed by atoms with van der Waals surface area (Å²) in [6, 6.07) is 1.54. The molecule has 1 saturated heterocycles. The first-order chi connectivity index (χ1) is 9.60. The highest BCUT2D eigenvalue weighted by Gasteiger charge is 2.21. The number of rotatable bonds is 4. The Bertz CT molecular complexity index is 524. The average molecular weight is 277 g/mol. The molecule has 1 aliphatic heterocycles. The fraction of sp³-hybridized carbons (Fsp3) is 0.667. The smallest absolute Gasteiger partial charge is 0.253 e. The molecule has 2 heterocycles. The van der Waals surface area contributed by atoms with Crippen molar-refractivity contribution in [1.82, 2.24) is 14.5 Å². The second-order valence-corrected chi connectivity index (χ2v) is 5.68. The fourth-order valence-corrected chi connectivity index (χ4v) is 2.64. The van der Waals surface area contributed by atoms with E-state index in [0.29, 0.717) is 5.92 Å². The van der Waals surface area contributed by atoms with Gasteiger partial charge in [-0.2, -0.15) is 0 Å². The number of hydrogen-bond donors (Lipinski definition) is 0. The third-order valence-corrected chi connectivity index (χ3v) is 3.76. The maximum absolute atomic E-state index is 12.2. The standard InChI is InChI=1S/C15H23N3O2/c1-3-5-13-8-14(19)18(11-16-13)10-15(20)17-7-4-6-12(2)9-17/h8,11-12H,3-7,9-10H2,1-2H3/t12-/m0/s1. The van der Waals surface area contributed by atoms with Crippen LogP contribution in [0.5, 0.6) is 0 Å². The molecule has 1 atom stereocenters. The lowest BCUT2D eigenvalue weighted by atomic mass is 10.0. The number of nitrogens with zero attached hydrogens (tertiary/aromatic N) is 3. The van der Waals surface area contributed by atoms with Gasteiger partial charge in [0, 0.05) is 24.8 Å². The minimum absolute atomic E-state index is 0.0173. The van der Waals surface area contributed by atoms with Crippen LogP contribution >= 0.6 is 0 Å². The van der Waals surface area contributed by atoms with Gasteiger partial charge >= 0.3 is 0 Å². The molecule has 1 amide bonds. The van der Waals surface area contributed by atoms with Gasteiger partial charge in [0.2, 0.25) is 5.91 Å². The SMILES string of the molecule is CCCc1cc(=O)n(CC(=O)N2CCC[C@H](C)C2)cn1. The number of likely N-dealkylation sites (tertiary alicyclic amines) is 1. The molecule has 110 valence electrons. The predicted octanol–water partition coefficient (Wildman–Crippen LogP) is 1.45. The molecule has 1 aromatic rings. The number of amides is 1. The third-order valence-electron chi connectivity index (χ3n) is 3.76. The van der Waals surface area contributed by atoms with Crippen LogP contribution in [0.4, 0.5) is 0 Å². The first-order valence-electron chi connectivity index (χ1n) is 7.43. The minimum atomic E-state index is -0.137. The van der Waals surface area contributed by atoms with Crippen LogP contribution in [0.25, 0.3) is 0 Å². The van der Waals surface area contributed by atoms with Crippen LogP contribution in [0, 0.1) is 5.92 Å². The average Bonchev–Trinajstić information content (AvgIpc) is 2.42. The lowest BCUT2D eigenvalue weighted by Gasteiger charge is -2.31. The van der Waals surface area contributed by atoms with Crippen molar-refractivity contribution in [1.29, 1.82) is 0 Å². The predicted molar refractivity (Wildman–Crippen MR) is 77.5 cm³/mol. The second-order valence-electron chi connectivity index (χ2n) is 5.68. The summed E-state index contributed by atoms with van der Waals surface area (Å²) >= 11 is 0. The lowest BCUT2D eigenvalue weighted by Crippen LogP contribution is -2.42. The number of carbonyl (C=O) groups is 1. The van der Waals surface area contributed by atoms with Crippen molar-refractivity contribution in [2.75, 3.05) is 13.1 Å². The van der Waals surface area contributed by atoms with Gasteiger partial charge in [-0.25, -0.2) is 4.98 Å². The van der Waals surface area contributed by atoms with Crippen molar-refractivity contribution >= 4 is 5.91 Å². The fourth-order valence-electron chi connectivity index (χ4n) is 2.64. The van der Waals surface area contributed by atoms with Gasteiger partial charge in [0.05, 0.1) is 6.33 Å². The maximum atomic E-state index is 12.2. The van der Waals surface area contributed by atoms with Crippen LogP contribution in [0.1, 0.15) is 38.8 Å². The Labute approximate surface area is 119 Å². The van der Waals surface area contributed by atoms with Crippen LogP contribution in [0.3, 0.4) is 0 Å². The molecular formula is C15H23N3O2. The van der Waals surface area contributed by atoms with Gasteiger partial charge in [-0.05, 0) is 25.2 Å². The first-order valence-corrected chi connectivity index (χ1v) is 7.43. The molecule has 2 rings (SSSR count). The number of piperidine rings is 1. The van der Waals surface area contributed by atoms with Gasteiger partial charge in [0.15, 0.2) is 0 Å². The van der Waals surface area contributed by atoms with Crippen LogP contribution < -0.4 is 5.56 Å². The molecule has 0 bridgehead atoms. The normalized spacial score (nSPS) is 19.1. The zero-order chi connectivity index (χ0) is 14.5. The Hall–Kier alpha value is -1.65. The number of aryl methyl sites for hydroxylation is 1. The van der Waals surface area contributed by atoms with E-state index in [9.17, 15) is 9.59 Å². The van der Waals surface area contributed by atoms with Crippen molar-refractivity contribution in [3.63, 3.8) is 0 Å². The molecule has 1 fully saturated rings. The summed E-state index contributed by atoms with van der Waals surface area (Å²) in [6.45, 7) is 5.92. The summed E-state index contributed by atoms with van der Waals surface area (Å²) in [6.07, 6.45) is 5.49. The summed E-state index contributed by atoms with van der Waals surface area (Å²) in [7, 11) is 0. The van der Waals surface area contributed by atoms with Gasteiger partial charge in [0.25, 0.3) is 5.56 Å². The van der Waals surface area contributed by atoms with Crippen molar-refractivity contribution < 1.29 is 4.79 Å². The molecule has 0 unspecified atom stereocenters. The molecule has 0 spiro atoms. The van der Waals surface area contributed by atoms with Crippen molar-refractivity contribution in [3.8, 4) is 0 Å². The Kier molecular flexibility index (Phi) is 4.93. The van der Waals surface area contributed by atoms with E-state index < -0.39 is 0 Å². The molecule has 5 heteroatoms. The summed E-state index contributed by atoms with van der Waals surface area (Å²) in [5, 5.41) is 0. The lowest BCUT2D eigenvalue weighted by molar-refractivity contribution is -0.133. The van der Waals surface area contributed by atoms with E-state index in [2.05, 4.69) is 11.9 Å². The molecule has 0 saturated carbocycles. The topological polar surface area (TPSA) is 55.2 Å². The quantitative estimate of drug-likeness (QED) is 0.837. The van der Waals surface area contributed by atoms with Gasteiger partial charge in [0.1, 0.15) is 6.54 Å². The highest BCUT2D eigenvalue weighted by Crippen LogP contribution is 2.15. The molecule has 5 nitrogen and oxygen atoms in total. The van der Waals surface area contributed by atoms with E-state index >= 15 is 0 Å². The molecule has 0 aliphatic carbocycles. The van der Waals surface area contributed by atoms with Gasteiger partial charge in [-0.15, -0.1) is 0 Å². The van der Waals surface area contributed by atoms with Crippen molar-refractivity contribution in [3.05, 3.63) is 28.4 Å². The zero-order valence-electron chi connectivity index (χ0n) is 12.3. The molecule has 1 aliphatic rings. The van der Waals surface area contributed by atoms with E-state index in [0.717, 1.165) is 38.0 Å². The van der Waals surface area contributed by atoms with Gasteiger partial charge in [-0.3, -0.25) is 14.2 Å². The molecule has 0 N–H and O–H groups in total. The van der Waals surface area contributed by atoms with Gasteiger partial charge in [-0.1, -0.05) is 20.3 Å². The number of aromatic nitrogens is 2. The first kappa shape index (κ1) is 14.8. The zero-order valence-corrected chi connectivity index (χ0v) is 12.3. The van der Waals surface area contributed by atoms with Crippen LogP contribution in [0.2, 0.25) is 0 Å². The molecule has 20 heavy (non-hydrogen) atoms. The number of carbonyl (C=O) groups excluding carboxylic acids is 1. The monoisotopic (exact) mass is 277 g/mol. The Morgan fingerprint density at radius 2 is 2.30 bits per heavy atom. The van der Waals surface area contributed by atoms with Crippen LogP contribution in [-0.4, -0.2) is 33.4 Å². The highest BCUT2D eigenvalue weighted by molar-refractivity contribution is 5.76. The summed E-state index contributed by atoms with van der Waals surface area (Å²) < 4.78 is 1.40. The summed E-state index contributed by atoms with van der Waals surface area (Å²) in [5.41, 5.74) is 0.662. The Balaban J connectivity index is 2.02. The molecule has 0 aromatic carbocycles. The highest BCUT2D eigenvalue weighted by atomic mass is 16.2. The largest absolute Gasteiger partial charge is 0.341 e. The van der Waals surface area contributed by atoms with Crippen LogP contribution in [-0.2, 0) is 17.8 Å². The second kappa shape index (κ2) is 6.68. The van der Waals surface area contributed by atoms with E-state index in [-0.39, 0.29) is 18.0 Å². The van der Waals surface area contributed by atoms with Crippen molar-refractivity contribution in [2.24, 2.45) is 5.92 Å². The van der Waals surface area contributed by atoms with E-state index in [1.807, 2.05) is 11.8 Å². The summed E-state index contributed by atoms with van der Waals surface area (Å²) in [5.74, 6) is 0.568. The Morgan fingerprint density at radius 3 is 2.95 bits per heavy atom. The maximum Gasteiger partial charge on any atom is 0.253 e.